The molecule has 2 rings (SSSR count). The predicted octanol–water partition coefficient (Wildman–Crippen LogP) is 2.76. The summed E-state index contributed by atoms with van der Waals surface area (Å²) in [5.74, 6) is -0.161. The number of nitrogens with zero attached hydrogens (tertiary/aromatic N) is 2. The number of hydrogen-bond donors (Lipinski definition) is 1. The first kappa shape index (κ1) is 12.8. The number of benzene rings is 1. The molecule has 0 saturated carbocycles. The van der Waals surface area contributed by atoms with Crippen LogP contribution >= 0.6 is 0 Å². The predicted molar refractivity (Wildman–Crippen MR) is 69.7 cm³/mol. The van der Waals surface area contributed by atoms with Crippen molar-refractivity contribution in [2.24, 2.45) is 0 Å². The van der Waals surface area contributed by atoms with Crippen LogP contribution in [-0.2, 0) is 6.54 Å². The molecule has 0 bridgehead atoms. The van der Waals surface area contributed by atoms with Gasteiger partial charge in [0.2, 0.25) is 0 Å². The number of halogens is 1. The Labute approximate surface area is 107 Å². The molecule has 1 atom stereocenters. The molecule has 0 spiro atoms. The quantitative estimate of drug-likeness (QED) is 0.850. The molecule has 18 heavy (non-hydrogen) atoms. The molecule has 0 amide bonds. The van der Waals surface area contributed by atoms with Crippen molar-refractivity contribution in [1.29, 1.82) is 0 Å². The maximum absolute atomic E-state index is 13.8. The van der Waals surface area contributed by atoms with E-state index < -0.39 is 0 Å². The van der Waals surface area contributed by atoms with Crippen LogP contribution in [0.1, 0.15) is 24.9 Å². The highest BCUT2D eigenvalue weighted by atomic mass is 19.1. The maximum Gasteiger partial charge on any atom is 0.128 e. The second-order valence-electron chi connectivity index (χ2n) is 4.29. The molecule has 1 aromatic carbocycles. The Kier molecular flexibility index (Phi) is 4.47. The van der Waals surface area contributed by atoms with Crippen molar-refractivity contribution < 1.29 is 4.39 Å². The van der Waals surface area contributed by atoms with Crippen LogP contribution in [0.2, 0.25) is 0 Å². The van der Waals surface area contributed by atoms with Crippen molar-refractivity contribution in [1.82, 2.24) is 14.9 Å². The summed E-state index contributed by atoms with van der Waals surface area (Å²) in [6, 6.07) is 6.89. The van der Waals surface area contributed by atoms with E-state index in [1.165, 1.54) is 6.07 Å². The van der Waals surface area contributed by atoms with Crippen LogP contribution < -0.4 is 5.32 Å². The van der Waals surface area contributed by atoms with Gasteiger partial charge in [-0.2, -0.15) is 0 Å². The van der Waals surface area contributed by atoms with E-state index in [1.54, 1.807) is 18.6 Å². The number of nitrogens with one attached hydrogen (secondary N) is 1. The normalized spacial score (nSPS) is 12.6. The van der Waals surface area contributed by atoms with Gasteiger partial charge in [-0.25, -0.2) is 9.37 Å². The lowest BCUT2D eigenvalue weighted by atomic mass is 10.1. The van der Waals surface area contributed by atoms with Gasteiger partial charge in [-0.3, -0.25) is 0 Å². The minimum absolute atomic E-state index is 0.0275. The SMILES string of the molecule is CCCNC(Cn1ccnc1)c1ccccc1F. The van der Waals surface area contributed by atoms with Gasteiger partial charge >= 0.3 is 0 Å². The lowest BCUT2D eigenvalue weighted by Gasteiger charge is -2.20. The molecule has 0 fully saturated rings. The van der Waals surface area contributed by atoms with Gasteiger partial charge in [-0.1, -0.05) is 25.1 Å². The smallest absolute Gasteiger partial charge is 0.128 e. The zero-order valence-electron chi connectivity index (χ0n) is 10.5. The number of rotatable bonds is 6. The summed E-state index contributed by atoms with van der Waals surface area (Å²) < 4.78 is 15.8. The van der Waals surface area contributed by atoms with Crippen LogP contribution in [0, 0.1) is 5.82 Å². The Hall–Kier alpha value is -1.68. The van der Waals surface area contributed by atoms with Crippen LogP contribution in [0.15, 0.2) is 43.0 Å². The summed E-state index contributed by atoms with van der Waals surface area (Å²) in [5.41, 5.74) is 0.708. The van der Waals surface area contributed by atoms with E-state index in [-0.39, 0.29) is 11.9 Å². The lowest BCUT2D eigenvalue weighted by molar-refractivity contribution is 0.444. The largest absolute Gasteiger partial charge is 0.336 e. The summed E-state index contributed by atoms with van der Waals surface area (Å²) in [4.78, 5) is 4.01. The van der Waals surface area contributed by atoms with Crippen LogP contribution in [-0.4, -0.2) is 16.1 Å². The van der Waals surface area contributed by atoms with Crippen LogP contribution in [0.25, 0.3) is 0 Å². The molecule has 0 aliphatic carbocycles. The van der Waals surface area contributed by atoms with E-state index in [0.717, 1.165) is 13.0 Å². The Morgan fingerprint density at radius 3 is 2.89 bits per heavy atom. The fourth-order valence-electron chi connectivity index (χ4n) is 1.95. The van der Waals surface area contributed by atoms with E-state index in [4.69, 9.17) is 0 Å². The molecule has 0 radical (unpaired) electrons. The highest BCUT2D eigenvalue weighted by molar-refractivity contribution is 5.21. The molecule has 1 aromatic heterocycles. The Morgan fingerprint density at radius 2 is 2.22 bits per heavy atom. The van der Waals surface area contributed by atoms with E-state index >= 15 is 0 Å². The van der Waals surface area contributed by atoms with Crippen LogP contribution in [0.5, 0.6) is 0 Å². The summed E-state index contributed by atoms with van der Waals surface area (Å²) in [6.07, 6.45) is 6.40. The molecule has 2 aromatic rings. The molecule has 96 valence electrons. The minimum atomic E-state index is -0.161. The summed E-state index contributed by atoms with van der Waals surface area (Å²) >= 11 is 0. The van der Waals surface area contributed by atoms with Crippen molar-refractivity contribution >= 4 is 0 Å². The molecule has 1 N–H and O–H groups in total. The van der Waals surface area contributed by atoms with E-state index in [2.05, 4.69) is 17.2 Å². The molecular formula is C14H18FN3. The van der Waals surface area contributed by atoms with E-state index in [0.29, 0.717) is 12.1 Å². The molecular weight excluding hydrogens is 229 g/mol. The molecule has 1 heterocycles. The van der Waals surface area contributed by atoms with Crippen LogP contribution in [0.3, 0.4) is 0 Å². The molecule has 0 aliphatic heterocycles. The number of aromatic nitrogens is 2. The minimum Gasteiger partial charge on any atom is -0.336 e. The van der Waals surface area contributed by atoms with Gasteiger partial charge in [0.15, 0.2) is 0 Å². The van der Waals surface area contributed by atoms with Crippen molar-refractivity contribution in [3.8, 4) is 0 Å². The van der Waals surface area contributed by atoms with Gasteiger partial charge in [0.05, 0.1) is 12.4 Å². The van der Waals surface area contributed by atoms with E-state index in [9.17, 15) is 4.39 Å². The number of imidazole rings is 1. The highest BCUT2D eigenvalue weighted by Crippen LogP contribution is 2.18. The summed E-state index contributed by atoms with van der Waals surface area (Å²) in [6.45, 7) is 3.65. The Bertz CT molecular complexity index is 468. The second kappa shape index (κ2) is 6.31. The molecule has 3 nitrogen and oxygen atoms in total. The third-order valence-electron chi connectivity index (χ3n) is 2.87. The van der Waals surface area contributed by atoms with Crippen molar-refractivity contribution in [2.75, 3.05) is 6.54 Å². The van der Waals surface area contributed by atoms with Gasteiger partial charge in [-0.05, 0) is 19.0 Å². The standard InChI is InChI=1S/C14H18FN3/c1-2-7-17-14(10-18-9-8-16-11-18)12-5-3-4-6-13(12)15/h3-6,8-9,11,14,17H,2,7,10H2,1H3. The van der Waals surface area contributed by atoms with Gasteiger partial charge < -0.3 is 9.88 Å². The number of hydrogen-bond acceptors (Lipinski definition) is 2. The summed E-state index contributed by atoms with van der Waals surface area (Å²) in [7, 11) is 0. The Balaban J connectivity index is 2.16. The maximum atomic E-state index is 13.8. The highest BCUT2D eigenvalue weighted by Gasteiger charge is 2.14. The molecule has 4 heteroatoms. The van der Waals surface area contributed by atoms with Crippen molar-refractivity contribution in [3.63, 3.8) is 0 Å². The summed E-state index contributed by atoms with van der Waals surface area (Å²) in [5, 5.41) is 3.38. The molecule has 0 aliphatic rings. The molecule has 1 unspecified atom stereocenters. The fraction of sp³-hybridized carbons (Fsp3) is 0.357. The average molecular weight is 247 g/mol. The van der Waals surface area contributed by atoms with Crippen molar-refractivity contribution in [3.05, 3.63) is 54.4 Å². The zero-order valence-corrected chi connectivity index (χ0v) is 10.5. The van der Waals surface area contributed by atoms with E-state index in [1.807, 2.05) is 22.9 Å². The first-order chi connectivity index (χ1) is 8.81. The fourth-order valence-corrected chi connectivity index (χ4v) is 1.95. The second-order valence-corrected chi connectivity index (χ2v) is 4.29. The van der Waals surface area contributed by atoms with Crippen LogP contribution in [0.4, 0.5) is 4.39 Å². The Morgan fingerprint density at radius 1 is 1.39 bits per heavy atom. The van der Waals surface area contributed by atoms with Gasteiger partial charge in [0, 0.05) is 24.5 Å². The van der Waals surface area contributed by atoms with Gasteiger partial charge in [0.25, 0.3) is 0 Å². The third kappa shape index (κ3) is 3.17. The molecule has 0 saturated heterocycles. The monoisotopic (exact) mass is 247 g/mol. The first-order valence-electron chi connectivity index (χ1n) is 6.24. The van der Waals surface area contributed by atoms with Gasteiger partial charge in [0.1, 0.15) is 5.82 Å². The lowest BCUT2D eigenvalue weighted by Crippen LogP contribution is -2.26. The average Bonchev–Trinajstić information content (AvgIpc) is 2.88. The first-order valence-corrected chi connectivity index (χ1v) is 6.24. The third-order valence-corrected chi connectivity index (χ3v) is 2.87. The van der Waals surface area contributed by atoms with Gasteiger partial charge in [-0.15, -0.1) is 0 Å². The topological polar surface area (TPSA) is 29.9 Å². The zero-order chi connectivity index (χ0) is 12.8. The van der Waals surface area contributed by atoms with Crippen molar-refractivity contribution in [2.45, 2.75) is 25.9 Å².